The van der Waals surface area contributed by atoms with E-state index in [2.05, 4.69) is 15.3 Å². The van der Waals surface area contributed by atoms with E-state index in [4.69, 9.17) is 11.6 Å². The number of carbonyl (C=O) groups is 1. The Morgan fingerprint density at radius 2 is 1.94 bits per heavy atom. The molecule has 31 heavy (non-hydrogen) atoms. The van der Waals surface area contributed by atoms with Crippen LogP contribution in [0.5, 0.6) is 0 Å². The van der Waals surface area contributed by atoms with E-state index in [9.17, 15) is 9.90 Å². The summed E-state index contributed by atoms with van der Waals surface area (Å²) in [5, 5.41) is 14.0. The van der Waals surface area contributed by atoms with Gasteiger partial charge in [-0.15, -0.1) is 0 Å². The van der Waals surface area contributed by atoms with Crippen molar-refractivity contribution in [3.63, 3.8) is 0 Å². The summed E-state index contributed by atoms with van der Waals surface area (Å²) in [6.07, 6.45) is 6.87. The Balaban J connectivity index is 1.56. The van der Waals surface area contributed by atoms with E-state index in [1.54, 1.807) is 19.3 Å². The van der Waals surface area contributed by atoms with Crippen LogP contribution >= 0.6 is 11.6 Å². The van der Waals surface area contributed by atoms with Crippen molar-refractivity contribution in [3.8, 4) is 11.1 Å². The van der Waals surface area contributed by atoms with Crippen molar-refractivity contribution in [1.82, 2.24) is 15.3 Å². The van der Waals surface area contributed by atoms with Crippen LogP contribution in [0.4, 0.5) is 0 Å². The molecule has 1 aliphatic rings. The van der Waals surface area contributed by atoms with Gasteiger partial charge in [0.1, 0.15) is 0 Å². The van der Waals surface area contributed by atoms with Gasteiger partial charge in [-0.2, -0.15) is 0 Å². The van der Waals surface area contributed by atoms with Gasteiger partial charge in [-0.1, -0.05) is 29.8 Å². The summed E-state index contributed by atoms with van der Waals surface area (Å²) in [6.45, 7) is 2.01. The maximum atomic E-state index is 12.8. The van der Waals surface area contributed by atoms with Gasteiger partial charge in [0.25, 0.3) is 5.91 Å². The Kier molecular flexibility index (Phi) is 6.35. The van der Waals surface area contributed by atoms with Gasteiger partial charge in [0, 0.05) is 40.9 Å². The van der Waals surface area contributed by atoms with Crippen molar-refractivity contribution in [2.24, 2.45) is 5.92 Å². The average molecular weight is 436 g/mol. The van der Waals surface area contributed by atoms with Gasteiger partial charge >= 0.3 is 0 Å². The largest absolute Gasteiger partial charge is 0.388 e. The summed E-state index contributed by atoms with van der Waals surface area (Å²) in [6, 6.07) is 15.3. The topological polar surface area (TPSA) is 75.1 Å². The van der Waals surface area contributed by atoms with Crippen LogP contribution in [0.25, 0.3) is 11.1 Å². The number of aromatic nitrogens is 2. The lowest BCUT2D eigenvalue weighted by Gasteiger charge is -2.23. The number of halogens is 1. The van der Waals surface area contributed by atoms with Crippen molar-refractivity contribution >= 4 is 17.5 Å². The molecule has 0 spiro atoms. The molecule has 0 aliphatic heterocycles. The molecule has 1 aliphatic carbocycles. The molecule has 6 heteroatoms. The lowest BCUT2D eigenvalue weighted by atomic mass is 9.98. The summed E-state index contributed by atoms with van der Waals surface area (Å²) in [5.74, 6) is 0.0319. The van der Waals surface area contributed by atoms with Crippen molar-refractivity contribution in [3.05, 3.63) is 82.9 Å². The van der Waals surface area contributed by atoms with E-state index in [-0.39, 0.29) is 18.4 Å². The normalized spacial score (nSPS) is 15.3. The van der Waals surface area contributed by atoms with Crippen LogP contribution in [0.3, 0.4) is 0 Å². The van der Waals surface area contributed by atoms with Crippen LogP contribution in [-0.2, 0) is 12.8 Å². The Bertz CT molecular complexity index is 1050. The van der Waals surface area contributed by atoms with Crippen molar-refractivity contribution in [2.75, 3.05) is 6.54 Å². The third-order valence-electron chi connectivity index (χ3n) is 5.80. The van der Waals surface area contributed by atoms with Crippen LogP contribution in [0, 0.1) is 5.92 Å². The molecule has 0 saturated heterocycles. The van der Waals surface area contributed by atoms with Gasteiger partial charge in [-0.3, -0.25) is 14.8 Å². The summed E-state index contributed by atoms with van der Waals surface area (Å²) in [7, 11) is 0. The number of nitrogens with one attached hydrogen (secondary N) is 1. The first kappa shape index (κ1) is 21.5. The number of aryl methyl sites for hydroxylation is 2. The first-order chi connectivity index (χ1) is 14.9. The molecule has 5 nitrogen and oxygen atoms in total. The standard InChI is InChI=1S/C25H26ClN3O2/c1-25(31,19-7-8-19)16-29-24(30)18-14-22(17-5-9-20(26)10-6-17)23(28-15-18)12-11-21-4-2-3-13-27-21/h2-6,9-10,13-15,19,31H,7-8,11-12,16H2,1H3,(H,29,30). The van der Waals surface area contributed by atoms with Crippen LogP contribution in [0.1, 0.15) is 41.5 Å². The van der Waals surface area contributed by atoms with E-state index >= 15 is 0 Å². The number of aliphatic hydroxyl groups is 1. The number of nitrogens with zero attached hydrogens (tertiary/aromatic N) is 2. The molecule has 1 atom stereocenters. The van der Waals surface area contributed by atoms with E-state index < -0.39 is 5.60 Å². The summed E-state index contributed by atoms with van der Waals surface area (Å²) >= 11 is 6.06. The molecule has 1 amide bonds. The predicted octanol–water partition coefficient (Wildman–Crippen LogP) is 4.47. The van der Waals surface area contributed by atoms with Gasteiger partial charge < -0.3 is 10.4 Å². The molecule has 1 fully saturated rings. The molecule has 2 N–H and O–H groups in total. The first-order valence-electron chi connectivity index (χ1n) is 10.6. The number of amides is 1. The lowest BCUT2D eigenvalue weighted by Crippen LogP contribution is -2.42. The average Bonchev–Trinajstić information content (AvgIpc) is 3.64. The maximum Gasteiger partial charge on any atom is 0.252 e. The minimum atomic E-state index is -0.870. The zero-order chi connectivity index (χ0) is 21.8. The highest BCUT2D eigenvalue weighted by atomic mass is 35.5. The van der Waals surface area contributed by atoms with E-state index in [1.165, 1.54) is 0 Å². The number of hydrogen-bond donors (Lipinski definition) is 2. The lowest BCUT2D eigenvalue weighted by molar-refractivity contribution is 0.0354. The summed E-state index contributed by atoms with van der Waals surface area (Å²) < 4.78 is 0. The maximum absolute atomic E-state index is 12.8. The fourth-order valence-electron chi connectivity index (χ4n) is 3.70. The van der Waals surface area contributed by atoms with Crippen LogP contribution in [-0.4, -0.2) is 33.1 Å². The Labute approximate surface area is 187 Å². The van der Waals surface area contributed by atoms with E-state index in [0.29, 0.717) is 17.0 Å². The Morgan fingerprint density at radius 1 is 1.16 bits per heavy atom. The monoisotopic (exact) mass is 435 g/mol. The highest BCUT2D eigenvalue weighted by Gasteiger charge is 2.40. The smallest absolute Gasteiger partial charge is 0.252 e. The molecule has 3 aromatic rings. The van der Waals surface area contributed by atoms with Gasteiger partial charge in [0.05, 0.1) is 11.2 Å². The number of carbonyl (C=O) groups excluding carboxylic acids is 1. The second kappa shape index (κ2) is 9.16. The highest BCUT2D eigenvalue weighted by Crippen LogP contribution is 2.39. The highest BCUT2D eigenvalue weighted by molar-refractivity contribution is 6.30. The first-order valence-corrected chi connectivity index (χ1v) is 11.0. The molecule has 1 saturated carbocycles. The second-order valence-electron chi connectivity index (χ2n) is 8.36. The fraction of sp³-hybridized carbons (Fsp3) is 0.320. The van der Waals surface area contributed by atoms with E-state index in [0.717, 1.165) is 41.8 Å². The minimum absolute atomic E-state index is 0.230. The Hall–Kier alpha value is -2.76. The van der Waals surface area contributed by atoms with Crippen molar-refractivity contribution < 1.29 is 9.90 Å². The Morgan fingerprint density at radius 3 is 2.61 bits per heavy atom. The third kappa shape index (κ3) is 5.49. The number of pyridine rings is 2. The summed E-state index contributed by atoms with van der Waals surface area (Å²) in [5.41, 5.74) is 3.34. The number of benzene rings is 1. The quantitative estimate of drug-likeness (QED) is 0.547. The van der Waals surface area contributed by atoms with Crippen LogP contribution < -0.4 is 5.32 Å². The van der Waals surface area contributed by atoms with Gasteiger partial charge in [-0.25, -0.2) is 0 Å². The molecule has 2 heterocycles. The number of hydrogen-bond acceptors (Lipinski definition) is 4. The molecule has 0 radical (unpaired) electrons. The molecule has 1 aromatic carbocycles. The molecule has 160 valence electrons. The van der Waals surface area contributed by atoms with Crippen molar-refractivity contribution in [1.29, 1.82) is 0 Å². The number of rotatable bonds is 8. The third-order valence-corrected chi connectivity index (χ3v) is 6.05. The van der Waals surface area contributed by atoms with Gasteiger partial charge in [0.2, 0.25) is 0 Å². The molecular weight excluding hydrogens is 410 g/mol. The van der Waals surface area contributed by atoms with E-state index in [1.807, 2.05) is 48.5 Å². The fourth-order valence-corrected chi connectivity index (χ4v) is 3.83. The minimum Gasteiger partial charge on any atom is -0.388 e. The molecule has 4 rings (SSSR count). The molecule has 0 bridgehead atoms. The second-order valence-corrected chi connectivity index (χ2v) is 8.80. The SMILES string of the molecule is CC(O)(CNC(=O)c1cnc(CCc2ccccn2)c(-c2ccc(Cl)cc2)c1)C1CC1. The molecule has 2 aromatic heterocycles. The van der Waals surface area contributed by atoms with Gasteiger partial charge in [0.15, 0.2) is 0 Å². The summed E-state index contributed by atoms with van der Waals surface area (Å²) in [4.78, 5) is 21.8. The van der Waals surface area contributed by atoms with Crippen LogP contribution in [0.2, 0.25) is 5.02 Å². The van der Waals surface area contributed by atoms with Crippen LogP contribution in [0.15, 0.2) is 60.9 Å². The predicted molar refractivity (Wildman–Crippen MR) is 122 cm³/mol. The van der Waals surface area contributed by atoms with Gasteiger partial charge in [-0.05, 0) is 74.4 Å². The zero-order valence-corrected chi connectivity index (χ0v) is 18.3. The zero-order valence-electron chi connectivity index (χ0n) is 17.5. The van der Waals surface area contributed by atoms with Crippen molar-refractivity contribution in [2.45, 2.75) is 38.2 Å². The molecular formula is C25H26ClN3O2. The molecule has 1 unspecified atom stereocenters.